The summed E-state index contributed by atoms with van der Waals surface area (Å²) in [5, 5.41) is 0. The summed E-state index contributed by atoms with van der Waals surface area (Å²) in [6, 6.07) is 0. The Labute approximate surface area is 96.2 Å². The average molecular weight is 222 g/mol. The van der Waals surface area contributed by atoms with Gasteiger partial charge in [-0.25, -0.2) is 0 Å². The second-order valence-electron chi connectivity index (χ2n) is 3.65. The minimum atomic E-state index is 0.0284. The molecule has 4 heteroatoms. The van der Waals surface area contributed by atoms with Gasteiger partial charge in [-0.1, -0.05) is 12.2 Å². The van der Waals surface area contributed by atoms with Crippen LogP contribution in [-0.2, 0) is 9.59 Å². The summed E-state index contributed by atoms with van der Waals surface area (Å²) in [6.07, 6.45) is 6.59. The quantitative estimate of drug-likeness (QED) is 0.649. The predicted octanol–water partition coefficient (Wildman–Crippen LogP) is 0.809. The summed E-state index contributed by atoms with van der Waals surface area (Å²) in [4.78, 5) is 26.6. The van der Waals surface area contributed by atoms with Gasteiger partial charge in [0.15, 0.2) is 0 Å². The summed E-state index contributed by atoms with van der Waals surface area (Å²) in [6.45, 7) is 6.12. The van der Waals surface area contributed by atoms with Crippen molar-refractivity contribution in [2.75, 3.05) is 26.2 Å². The normalized spacial score (nSPS) is 17.4. The molecule has 0 aromatic rings. The molecule has 0 N–H and O–H groups in total. The molecule has 0 saturated carbocycles. The lowest BCUT2D eigenvalue weighted by atomic mass is 10.3. The molecule has 1 fully saturated rings. The zero-order chi connectivity index (χ0) is 12.0. The van der Waals surface area contributed by atoms with Crippen LogP contribution in [0.5, 0.6) is 0 Å². The van der Waals surface area contributed by atoms with Gasteiger partial charge in [0, 0.05) is 26.2 Å². The van der Waals surface area contributed by atoms with Crippen LogP contribution >= 0.6 is 0 Å². The molecule has 0 atom stereocenters. The van der Waals surface area contributed by atoms with Crippen molar-refractivity contribution in [3.05, 3.63) is 24.3 Å². The van der Waals surface area contributed by atoms with Crippen LogP contribution in [0.25, 0.3) is 0 Å². The third-order valence-corrected chi connectivity index (χ3v) is 2.52. The van der Waals surface area contributed by atoms with Crippen LogP contribution < -0.4 is 0 Å². The van der Waals surface area contributed by atoms with Gasteiger partial charge in [0.25, 0.3) is 0 Å². The van der Waals surface area contributed by atoms with E-state index in [-0.39, 0.29) is 11.8 Å². The third kappa shape index (κ3) is 3.22. The minimum absolute atomic E-state index is 0.0284. The van der Waals surface area contributed by atoms with E-state index in [1.165, 1.54) is 0 Å². The number of hydrogen-bond acceptors (Lipinski definition) is 2. The van der Waals surface area contributed by atoms with Crippen LogP contribution in [0.15, 0.2) is 24.3 Å². The highest BCUT2D eigenvalue weighted by molar-refractivity contribution is 5.89. The molecule has 1 heterocycles. The Morgan fingerprint density at radius 1 is 0.812 bits per heavy atom. The molecule has 0 spiro atoms. The molecule has 0 aromatic heterocycles. The van der Waals surface area contributed by atoms with Gasteiger partial charge < -0.3 is 9.80 Å². The van der Waals surface area contributed by atoms with E-state index in [0.29, 0.717) is 26.2 Å². The Morgan fingerprint density at radius 2 is 1.12 bits per heavy atom. The molecule has 0 aromatic carbocycles. The highest BCUT2D eigenvalue weighted by Gasteiger charge is 2.21. The van der Waals surface area contributed by atoms with E-state index in [1.807, 2.05) is 13.8 Å². The Hall–Kier alpha value is -1.58. The zero-order valence-corrected chi connectivity index (χ0v) is 9.85. The molecule has 1 rings (SSSR count). The maximum atomic E-state index is 11.5. The molecule has 88 valence electrons. The summed E-state index contributed by atoms with van der Waals surface area (Å²) in [7, 11) is 0. The molecular weight excluding hydrogens is 204 g/mol. The van der Waals surface area contributed by atoms with Gasteiger partial charge in [-0.2, -0.15) is 0 Å². The molecule has 1 aliphatic rings. The van der Waals surface area contributed by atoms with Crippen molar-refractivity contribution < 1.29 is 9.59 Å². The number of carbonyl (C=O) groups excluding carboxylic acids is 2. The molecule has 1 saturated heterocycles. The Morgan fingerprint density at radius 3 is 1.38 bits per heavy atom. The lowest BCUT2D eigenvalue weighted by molar-refractivity contribution is -0.134. The summed E-state index contributed by atoms with van der Waals surface area (Å²) < 4.78 is 0. The first kappa shape index (κ1) is 12.5. The number of piperazine rings is 1. The lowest BCUT2D eigenvalue weighted by Gasteiger charge is -2.33. The van der Waals surface area contributed by atoms with Gasteiger partial charge >= 0.3 is 0 Å². The van der Waals surface area contributed by atoms with Gasteiger partial charge in [-0.05, 0) is 26.0 Å². The SMILES string of the molecule is C/C=C/C(=O)N1CCN(C(=O)/C=C/C)CC1. The van der Waals surface area contributed by atoms with Crippen molar-refractivity contribution in [3.63, 3.8) is 0 Å². The van der Waals surface area contributed by atoms with Crippen molar-refractivity contribution in [2.24, 2.45) is 0 Å². The molecule has 0 radical (unpaired) electrons. The Kier molecular flexibility index (Phi) is 4.76. The second-order valence-corrected chi connectivity index (χ2v) is 3.65. The fourth-order valence-electron chi connectivity index (χ4n) is 1.64. The summed E-state index contributed by atoms with van der Waals surface area (Å²) >= 11 is 0. The maximum Gasteiger partial charge on any atom is 0.246 e. The van der Waals surface area contributed by atoms with Gasteiger partial charge in [-0.15, -0.1) is 0 Å². The van der Waals surface area contributed by atoms with Crippen molar-refractivity contribution in [1.82, 2.24) is 9.80 Å². The third-order valence-electron chi connectivity index (χ3n) is 2.52. The van der Waals surface area contributed by atoms with Crippen LogP contribution in [0.1, 0.15) is 13.8 Å². The van der Waals surface area contributed by atoms with E-state index in [1.54, 1.807) is 34.1 Å². The largest absolute Gasteiger partial charge is 0.336 e. The van der Waals surface area contributed by atoms with Gasteiger partial charge in [0.05, 0.1) is 0 Å². The van der Waals surface area contributed by atoms with Crippen LogP contribution in [0.4, 0.5) is 0 Å². The number of amides is 2. The first-order chi connectivity index (χ1) is 7.69. The van der Waals surface area contributed by atoms with Crippen LogP contribution in [0.2, 0.25) is 0 Å². The Bertz CT molecular complexity index is 281. The average Bonchev–Trinajstić information content (AvgIpc) is 2.30. The molecule has 2 amide bonds. The zero-order valence-electron chi connectivity index (χ0n) is 9.85. The molecule has 1 aliphatic heterocycles. The van der Waals surface area contributed by atoms with Crippen molar-refractivity contribution in [2.45, 2.75) is 13.8 Å². The second kappa shape index (κ2) is 6.10. The lowest BCUT2D eigenvalue weighted by Crippen LogP contribution is -2.49. The Balaban J connectivity index is 2.45. The fraction of sp³-hybridized carbons (Fsp3) is 0.500. The maximum absolute atomic E-state index is 11.5. The van der Waals surface area contributed by atoms with Gasteiger partial charge in [-0.3, -0.25) is 9.59 Å². The number of carbonyl (C=O) groups is 2. The number of hydrogen-bond donors (Lipinski definition) is 0. The summed E-state index contributed by atoms with van der Waals surface area (Å²) in [5.41, 5.74) is 0. The first-order valence-corrected chi connectivity index (χ1v) is 5.52. The first-order valence-electron chi connectivity index (χ1n) is 5.52. The monoisotopic (exact) mass is 222 g/mol. The molecule has 0 unspecified atom stereocenters. The van der Waals surface area contributed by atoms with Gasteiger partial charge in [0.1, 0.15) is 0 Å². The van der Waals surface area contributed by atoms with Crippen molar-refractivity contribution >= 4 is 11.8 Å². The van der Waals surface area contributed by atoms with E-state index in [2.05, 4.69) is 0 Å². The molecule has 0 aliphatic carbocycles. The highest BCUT2D eigenvalue weighted by atomic mass is 16.2. The topological polar surface area (TPSA) is 40.6 Å². The predicted molar refractivity (Wildman–Crippen MR) is 62.8 cm³/mol. The van der Waals surface area contributed by atoms with E-state index < -0.39 is 0 Å². The highest BCUT2D eigenvalue weighted by Crippen LogP contribution is 2.03. The molecule has 0 bridgehead atoms. The number of nitrogens with zero attached hydrogens (tertiary/aromatic N) is 2. The van der Waals surface area contributed by atoms with Gasteiger partial charge in [0.2, 0.25) is 11.8 Å². The van der Waals surface area contributed by atoms with E-state index in [4.69, 9.17) is 0 Å². The summed E-state index contributed by atoms with van der Waals surface area (Å²) in [5.74, 6) is 0.0567. The van der Waals surface area contributed by atoms with E-state index >= 15 is 0 Å². The number of rotatable bonds is 2. The smallest absolute Gasteiger partial charge is 0.246 e. The standard InChI is InChI=1S/C12H18N2O2/c1-3-5-11(15)13-7-9-14(10-8-13)12(16)6-4-2/h3-6H,7-10H2,1-2H3/b5-3+,6-4+. The van der Waals surface area contributed by atoms with E-state index in [0.717, 1.165) is 0 Å². The van der Waals surface area contributed by atoms with Crippen molar-refractivity contribution in [3.8, 4) is 0 Å². The number of allylic oxidation sites excluding steroid dienone is 2. The van der Waals surface area contributed by atoms with Crippen LogP contribution in [0, 0.1) is 0 Å². The fourth-order valence-corrected chi connectivity index (χ4v) is 1.64. The molecule has 4 nitrogen and oxygen atoms in total. The van der Waals surface area contributed by atoms with Crippen molar-refractivity contribution in [1.29, 1.82) is 0 Å². The van der Waals surface area contributed by atoms with Crippen LogP contribution in [0.3, 0.4) is 0 Å². The molecule has 16 heavy (non-hydrogen) atoms. The van der Waals surface area contributed by atoms with E-state index in [9.17, 15) is 9.59 Å². The molecular formula is C12H18N2O2. The van der Waals surface area contributed by atoms with Crippen LogP contribution in [-0.4, -0.2) is 47.8 Å². The minimum Gasteiger partial charge on any atom is -0.336 e.